The van der Waals surface area contributed by atoms with Crippen molar-refractivity contribution in [1.82, 2.24) is 19.9 Å². The average Bonchev–Trinajstić information content (AvgIpc) is 2.94. The lowest BCUT2D eigenvalue weighted by Crippen LogP contribution is -2.40. The molecular weight excluding hydrogens is 334 g/mol. The minimum atomic E-state index is -3.09. The fourth-order valence-corrected chi connectivity index (χ4v) is 3.42. The van der Waals surface area contributed by atoms with E-state index in [4.69, 9.17) is 0 Å². The SMILES string of the molecule is CCS(=O)(=O)N(C)CCCNC(=NC)NCCc1csc(C)n1. The van der Waals surface area contributed by atoms with Crippen LogP contribution in [0, 0.1) is 6.92 Å². The lowest BCUT2D eigenvalue weighted by molar-refractivity contribution is 0.461. The lowest BCUT2D eigenvalue weighted by Gasteiger charge is -2.16. The molecule has 1 aromatic rings. The van der Waals surface area contributed by atoms with Crippen LogP contribution >= 0.6 is 11.3 Å². The van der Waals surface area contributed by atoms with Crippen LogP contribution < -0.4 is 10.6 Å². The van der Waals surface area contributed by atoms with Crippen LogP contribution in [-0.4, -0.2) is 63.1 Å². The number of aryl methyl sites for hydroxylation is 1. The Hall–Kier alpha value is -1.19. The number of aliphatic imine (C=N–C) groups is 1. The molecule has 0 aliphatic heterocycles. The lowest BCUT2D eigenvalue weighted by atomic mass is 10.3. The van der Waals surface area contributed by atoms with Crippen molar-refractivity contribution in [3.8, 4) is 0 Å². The van der Waals surface area contributed by atoms with Gasteiger partial charge in [0.25, 0.3) is 0 Å². The average molecular weight is 362 g/mol. The zero-order valence-electron chi connectivity index (χ0n) is 14.3. The normalized spacial score (nSPS) is 12.7. The minimum absolute atomic E-state index is 0.135. The van der Waals surface area contributed by atoms with Gasteiger partial charge in [-0.15, -0.1) is 11.3 Å². The second kappa shape index (κ2) is 9.84. The summed E-state index contributed by atoms with van der Waals surface area (Å²) in [5.41, 5.74) is 1.09. The molecule has 1 heterocycles. The van der Waals surface area contributed by atoms with Crippen molar-refractivity contribution in [1.29, 1.82) is 0 Å². The summed E-state index contributed by atoms with van der Waals surface area (Å²) in [5.74, 6) is 0.855. The Morgan fingerprint density at radius 1 is 1.39 bits per heavy atom. The van der Waals surface area contributed by atoms with E-state index in [0.717, 1.165) is 36.0 Å². The summed E-state index contributed by atoms with van der Waals surface area (Å²) in [6, 6.07) is 0. The third-order valence-corrected chi connectivity index (χ3v) is 6.03. The standard InChI is InChI=1S/C14H27N5O2S2/c1-5-23(20,21)19(4)10-6-8-16-14(15-3)17-9-7-13-11-22-12(2)18-13/h11H,5-10H2,1-4H3,(H2,15,16,17). The highest BCUT2D eigenvalue weighted by atomic mass is 32.2. The molecule has 0 bridgehead atoms. The van der Waals surface area contributed by atoms with Crippen LogP contribution in [0.3, 0.4) is 0 Å². The van der Waals surface area contributed by atoms with Crippen LogP contribution in [0.5, 0.6) is 0 Å². The molecular formula is C14H27N5O2S2. The van der Waals surface area contributed by atoms with E-state index >= 15 is 0 Å². The quantitative estimate of drug-likeness (QED) is 0.386. The predicted octanol–water partition coefficient (Wildman–Crippen LogP) is 0.831. The maximum Gasteiger partial charge on any atom is 0.213 e. The number of aromatic nitrogens is 1. The van der Waals surface area contributed by atoms with E-state index in [1.165, 1.54) is 4.31 Å². The fraction of sp³-hybridized carbons (Fsp3) is 0.714. The van der Waals surface area contributed by atoms with Gasteiger partial charge in [0.05, 0.1) is 16.5 Å². The summed E-state index contributed by atoms with van der Waals surface area (Å²) in [6.45, 7) is 5.57. The summed E-state index contributed by atoms with van der Waals surface area (Å²) in [5, 5.41) is 9.56. The Labute approximate surface area is 143 Å². The number of hydrogen-bond donors (Lipinski definition) is 2. The van der Waals surface area contributed by atoms with Gasteiger partial charge in [-0.25, -0.2) is 17.7 Å². The molecule has 1 rings (SSSR count). The second-order valence-electron chi connectivity index (χ2n) is 5.11. The van der Waals surface area contributed by atoms with E-state index < -0.39 is 10.0 Å². The van der Waals surface area contributed by atoms with E-state index in [-0.39, 0.29) is 5.75 Å². The third kappa shape index (κ3) is 7.28. The molecule has 0 aliphatic rings. The second-order valence-corrected chi connectivity index (χ2v) is 8.54. The Bertz CT molecular complexity index is 598. The summed E-state index contributed by atoms with van der Waals surface area (Å²) in [4.78, 5) is 8.57. The monoisotopic (exact) mass is 361 g/mol. The molecule has 0 amide bonds. The topological polar surface area (TPSA) is 86.7 Å². The summed E-state index contributed by atoms with van der Waals surface area (Å²) in [7, 11) is 0.238. The van der Waals surface area contributed by atoms with E-state index in [1.54, 1.807) is 32.4 Å². The molecule has 0 saturated carbocycles. The zero-order valence-corrected chi connectivity index (χ0v) is 15.9. The largest absolute Gasteiger partial charge is 0.356 e. The minimum Gasteiger partial charge on any atom is -0.356 e. The molecule has 0 atom stereocenters. The fourth-order valence-electron chi connectivity index (χ4n) is 1.92. The van der Waals surface area contributed by atoms with Crippen LogP contribution in [-0.2, 0) is 16.4 Å². The van der Waals surface area contributed by atoms with Gasteiger partial charge >= 0.3 is 0 Å². The summed E-state index contributed by atoms with van der Waals surface area (Å²) in [6.07, 6.45) is 1.57. The third-order valence-electron chi connectivity index (χ3n) is 3.35. The maximum absolute atomic E-state index is 11.6. The number of rotatable bonds is 9. The number of guanidine groups is 1. The van der Waals surface area contributed by atoms with E-state index in [2.05, 4.69) is 26.0 Å². The Morgan fingerprint density at radius 2 is 2.09 bits per heavy atom. The van der Waals surface area contributed by atoms with Crippen molar-refractivity contribution in [2.24, 2.45) is 4.99 Å². The first-order valence-corrected chi connectivity index (χ1v) is 10.2. The molecule has 2 N–H and O–H groups in total. The van der Waals surface area contributed by atoms with Crippen molar-refractivity contribution in [3.05, 3.63) is 16.1 Å². The number of sulfonamides is 1. The molecule has 0 fully saturated rings. The molecule has 132 valence electrons. The van der Waals surface area contributed by atoms with Crippen molar-refractivity contribution < 1.29 is 8.42 Å². The Balaban J connectivity index is 2.21. The van der Waals surface area contributed by atoms with Gasteiger partial charge in [0.15, 0.2) is 5.96 Å². The summed E-state index contributed by atoms with van der Waals surface area (Å²) < 4.78 is 24.6. The van der Waals surface area contributed by atoms with Crippen molar-refractivity contribution >= 4 is 27.3 Å². The van der Waals surface area contributed by atoms with E-state index in [1.807, 2.05) is 6.92 Å². The van der Waals surface area contributed by atoms with Crippen LogP contribution in [0.1, 0.15) is 24.0 Å². The first kappa shape index (κ1) is 19.9. The van der Waals surface area contributed by atoms with Gasteiger partial charge in [-0.2, -0.15) is 0 Å². The first-order chi connectivity index (χ1) is 10.9. The van der Waals surface area contributed by atoms with Crippen LogP contribution in [0.25, 0.3) is 0 Å². The smallest absolute Gasteiger partial charge is 0.213 e. The Kier molecular flexibility index (Phi) is 8.49. The molecule has 0 saturated heterocycles. The number of nitrogens with one attached hydrogen (secondary N) is 2. The van der Waals surface area contributed by atoms with Crippen LogP contribution in [0.2, 0.25) is 0 Å². The van der Waals surface area contributed by atoms with E-state index in [9.17, 15) is 8.42 Å². The number of thiazole rings is 1. The molecule has 0 spiro atoms. The summed E-state index contributed by atoms with van der Waals surface area (Å²) >= 11 is 1.65. The van der Waals surface area contributed by atoms with Gasteiger partial charge in [0.2, 0.25) is 10.0 Å². The molecule has 1 aromatic heterocycles. The molecule has 0 unspecified atom stereocenters. The molecule has 9 heteroatoms. The highest BCUT2D eigenvalue weighted by molar-refractivity contribution is 7.89. The highest BCUT2D eigenvalue weighted by Crippen LogP contribution is 2.07. The number of hydrogen-bond acceptors (Lipinski definition) is 5. The van der Waals surface area contributed by atoms with Gasteiger partial charge in [-0.05, 0) is 20.3 Å². The first-order valence-electron chi connectivity index (χ1n) is 7.68. The van der Waals surface area contributed by atoms with Crippen molar-refractivity contribution in [2.75, 3.05) is 39.5 Å². The van der Waals surface area contributed by atoms with Crippen molar-refractivity contribution in [2.45, 2.75) is 26.7 Å². The van der Waals surface area contributed by atoms with Gasteiger partial charge in [0.1, 0.15) is 0 Å². The predicted molar refractivity (Wildman–Crippen MR) is 96.6 cm³/mol. The van der Waals surface area contributed by atoms with Gasteiger partial charge < -0.3 is 10.6 Å². The Morgan fingerprint density at radius 3 is 2.65 bits per heavy atom. The van der Waals surface area contributed by atoms with Gasteiger partial charge in [-0.3, -0.25) is 4.99 Å². The molecule has 0 aliphatic carbocycles. The molecule has 0 radical (unpaired) electrons. The molecule has 0 aromatic carbocycles. The van der Waals surface area contributed by atoms with Gasteiger partial charge in [0, 0.05) is 45.5 Å². The van der Waals surface area contributed by atoms with Gasteiger partial charge in [-0.1, -0.05) is 0 Å². The van der Waals surface area contributed by atoms with Crippen LogP contribution in [0.15, 0.2) is 10.4 Å². The maximum atomic E-state index is 11.6. The molecule has 23 heavy (non-hydrogen) atoms. The zero-order chi connectivity index (χ0) is 17.3. The molecule has 7 nitrogen and oxygen atoms in total. The van der Waals surface area contributed by atoms with Crippen LogP contribution in [0.4, 0.5) is 0 Å². The highest BCUT2D eigenvalue weighted by Gasteiger charge is 2.13. The van der Waals surface area contributed by atoms with E-state index in [0.29, 0.717) is 13.1 Å². The van der Waals surface area contributed by atoms with Crippen molar-refractivity contribution in [3.63, 3.8) is 0 Å². The number of nitrogens with zero attached hydrogens (tertiary/aromatic N) is 3.